The van der Waals surface area contributed by atoms with E-state index in [4.69, 9.17) is 19.6 Å². The molecule has 0 aliphatic rings. The molecule has 8 nitrogen and oxygen atoms in total. The van der Waals surface area contributed by atoms with E-state index >= 15 is 0 Å². The van der Waals surface area contributed by atoms with Gasteiger partial charge in [0.2, 0.25) is 5.88 Å². The molecule has 0 radical (unpaired) electrons. The first kappa shape index (κ1) is 26.0. The minimum absolute atomic E-state index is 0.0129. The van der Waals surface area contributed by atoms with Crippen LogP contribution in [0.5, 0.6) is 11.6 Å². The van der Waals surface area contributed by atoms with Gasteiger partial charge in [-0.15, -0.1) is 0 Å². The molecule has 2 heterocycles. The van der Waals surface area contributed by atoms with Crippen LogP contribution in [0.2, 0.25) is 0 Å². The van der Waals surface area contributed by atoms with Gasteiger partial charge in [-0.3, -0.25) is 4.79 Å². The second kappa shape index (κ2) is 13.3. The number of hydrogen-bond donors (Lipinski definition) is 0. The minimum atomic E-state index is -0.0129. The molecule has 8 heteroatoms. The first-order chi connectivity index (χ1) is 15.6. The Balaban J connectivity index is 0.00000121. The van der Waals surface area contributed by atoms with Crippen molar-refractivity contribution in [1.29, 1.82) is 5.26 Å². The van der Waals surface area contributed by atoms with Crippen LogP contribution in [0.3, 0.4) is 0 Å². The largest absolute Gasteiger partial charge is 0.438 e. The third-order valence-corrected chi connectivity index (χ3v) is 4.55. The van der Waals surface area contributed by atoms with Gasteiger partial charge in [-0.1, -0.05) is 19.9 Å². The average molecular weight is 437 g/mol. The molecule has 1 aromatic carbocycles. The van der Waals surface area contributed by atoms with Gasteiger partial charge >= 0.3 is 0 Å². The lowest BCUT2D eigenvalue weighted by atomic mass is 10.1. The van der Waals surface area contributed by atoms with Crippen molar-refractivity contribution in [2.24, 2.45) is 7.05 Å². The predicted molar refractivity (Wildman–Crippen MR) is 123 cm³/mol. The number of nitriles is 1. The van der Waals surface area contributed by atoms with Gasteiger partial charge in [0, 0.05) is 32.5 Å². The molecule has 3 aromatic rings. The van der Waals surface area contributed by atoms with E-state index in [0.717, 1.165) is 36.8 Å². The highest BCUT2D eigenvalue weighted by atomic mass is 16.5. The second-order valence-electron chi connectivity index (χ2n) is 6.70. The quantitative estimate of drug-likeness (QED) is 0.551. The lowest BCUT2D eigenvalue weighted by Crippen LogP contribution is -2.32. The fraction of sp³-hybridized carbons (Fsp3) is 0.292. The maximum Gasteiger partial charge on any atom is 0.257 e. The van der Waals surface area contributed by atoms with Crippen molar-refractivity contribution in [3.05, 3.63) is 53.9 Å². The highest BCUT2D eigenvalue weighted by Gasteiger charge is 2.21. The Kier molecular flexibility index (Phi) is 10.9. The molecule has 0 saturated heterocycles. The molecule has 0 saturated carbocycles. The average Bonchev–Trinajstić information content (AvgIpc) is 3.23. The topological polar surface area (TPSA) is 105 Å². The molecule has 0 N–H and O–H groups in total. The lowest BCUT2D eigenvalue weighted by molar-refractivity contribution is -0.0987. The summed E-state index contributed by atoms with van der Waals surface area (Å²) in [5.41, 5.74) is 1.88. The summed E-state index contributed by atoms with van der Waals surface area (Å²) < 4.78 is 7.85. The van der Waals surface area contributed by atoms with Crippen LogP contribution in [-0.4, -0.2) is 47.0 Å². The van der Waals surface area contributed by atoms with Gasteiger partial charge in [0.05, 0.1) is 28.1 Å². The number of ether oxygens (including phenoxy) is 1. The zero-order valence-electron chi connectivity index (χ0n) is 18.7. The molecule has 0 bridgehead atoms. The van der Waals surface area contributed by atoms with E-state index in [0.29, 0.717) is 22.8 Å². The molecular formula is C24H28N4O4. The normalized spacial score (nSPS) is 9.56. The minimum Gasteiger partial charge on any atom is -0.438 e. The van der Waals surface area contributed by atoms with Crippen molar-refractivity contribution in [2.45, 2.75) is 26.7 Å². The number of carbonyl (C=O) groups is 3. The van der Waals surface area contributed by atoms with Crippen molar-refractivity contribution in [2.75, 3.05) is 13.1 Å². The molecular weight excluding hydrogens is 408 g/mol. The molecule has 0 atom stereocenters. The van der Waals surface area contributed by atoms with Gasteiger partial charge in [0.1, 0.15) is 19.3 Å². The molecule has 0 fully saturated rings. The van der Waals surface area contributed by atoms with Crippen molar-refractivity contribution in [3.8, 4) is 17.7 Å². The first-order valence-electron chi connectivity index (χ1n) is 10.1. The summed E-state index contributed by atoms with van der Waals surface area (Å²) in [6, 6.07) is 10.9. The van der Waals surface area contributed by atoms with E-state index in [-0.39, 0.29) is 5.91 Å². The van der Waals surface area contributed by atoms with Crippen LogP contribution < -0.4 is 4.74 Å². The number of carbonyl (C=O) groups excluding carboxylic acids is 3. The summed E-state index contributed by atoms with van der Waals surface area (Å²) in [7, 11) is 1.91. The molecule has 0 aliphatic carbocycles. The zero-order valence-corrected chi connectivity index (χ0v) is 18.7. The number of pyridine rings is 1. The summed E-state index contributed by atoms with van der Waals surface area (Å²) in [5, 5.41) is 9.84. The van der Waals surface area contributed by atoms with Crippen LogP contribution >= 0.6 is 0 Å². The molecule has 1 amide bonds. The SMILES string of the molecule is C=O.C=O.CCCN(CCC)C(=O)c1cnc(Oc2cccc(C#N)c2)c2ccn(C)c12. The molecule has 0 aliphatic heterocycles. The standard InChI is InChI=1S/C22H24N4O2.2CH2O/c1-4-10-26(11-5-2)22(27)19-15-24-21(18-9-12-25(3)20(18)19)28-17-8-6-7-16(13-17)14-23;2*1-2/h6-9,12-13,15H,4-5,10-11H2,1-3H3;2*1H2. The van der Waals surface area contributed by atoms with Crippen molar-refractivity contribution < 1.29 is 19.1 Å². The van der Waals surface area contributed by atoms with E-state index in [1.54, 1.807) is 30.5 Å². The number of fused-ring (bicyclic) bond motifs is 1. The van der Waals surface area contributed by atoms with E-state index < -0.39 is 0 Å². The summed E-state index contributed by atoms with van der Waals surface area (Å²) >= 11 is 0. The number of benzene rings is 1. The van der Waals surface area contributed by atoms with E-state index in [9.17, 15) is 4.79 Å². The highest BCUT2D eigenvalue weighted by Crippen LogP contribution is 2.31. The van der Waals surface area contributed by atoms with Crippen LogP contribution in [0.15, 0.2) is 42.7 Å². The lowest BCUT2D eigenvalue weighted by Gasteiger charge is -2.22. The van der Waals surface area contributed by atoms with Crippen LogP contribution in [-0.2, 0) is 16.6 Å². The van der Waals surface area contributed by atoms with Crippen LogP contribution in [0.25, 0.3) is 10.9 Å². The molecule has 32 heavy (non-hydrogen) atoms. The second-order valence-corrected chi connectivity index (χ2v) is 6.70. The highest BCUT2D eigenvalue weighted by molar-refractivity contribution is 6.06. The first-order valence-corrected chi connectivity index (χ1v) is 10.1. The third-order valence-electron chi connectivity index (χ3n) is 4.55. The van der Waals surface area contributed by atoms with Gasteiger partial charge in [-0.05, 0) is 37.1 Å². The number of nitrogens with zero attached hydrogens (tertiary/aromatic N) is 4. The van der Waals surface area contributed by atoms with Gasteiger partial charge in [-0.2, -0.15) is 5.26 Å². The van der Waals surface area contributed by atoms with Gasteiger partial charge in [0.15, 0.2) is 0 Å². The predicted octanol–water partition coefficient (Wildman–Crippen LogP) is 4.13. The Hall–Kier alpha value is -3.99. The Morgan fingerprint density at radius 1 is 1.16 bits per heavy atom. The number of amides is 1. The van der Waals surface area contributed by atoms with Gasteiger partial charge in [0.25, 0.3) is 5.91 Å². The number of rotatable bonds is 7. The maximum atomic E-state index is 13.1. The van der Waals surface area contributed by atoms with E-state index in [1.807, 2.05) is 42.4 Å². The Bertz CT molecular complexity index is 1060. The fourth-order valence-corrected chi connectivity index (χ4v) is 3.29. The molecule has 2 aromatic heterocycles. The van der Waals surface area contributed by atoms with E-state index in [1.165, 1.54) is 0 Å². The van der Waals surface area contributed by atoms with Gasteiger partial charge in [-0.25, -0.2) is 4.98 Å². The summed E-state index contributed by atoms with van der Waals surface area (Å²) in [6.45, 7) is 9.58. The molecule has 0 spiro atoms. The molecule has 0 unspecified atom stereocenters. The van der Waals surface area contributed by atoms with E-state index in [2.05, 4.69) is 24.9 Å². The zero-order chi connectivity index (χ0) is 24.1. The fourth-order valence-electron chi connectivity index (χ4n) is 3.29. The monoisotopic (exact) mass is 436 g/mol. The molecule has 168 valence electrons. The molecule has 3 rings (SSSR count). The van der Waals surface area contributed by atoms with Crippen LogP contribution in [0.4, 0.5) is 0 Å². The smallest absolute Gasteiger partial charge is 0.257 e. The summed E-state index contributed by atoms with van der Waals surface area (Å²) in [6.07, 6.45) is 5.30. The van der Waals surface area contributed by atoms with Crippen LogP contribution in [0.1, 0.15) is 42.6 Å². The van der Waals surface area contributed by atoms with Crippen molar-refractivity contribution in [3.63, 3.8) is 0 Å². The van der Waals surface area contributed by atoms with Crippen molar-refractivity contribution >= 4 is 30.4 Å². The van der Waals surface area contributed by atoms with Gasteiger partial charge < -0.3 is 23.8 Å². The Morgan fingerprint density at radius 3 is 2.41 bits per heavy atom. The summed E-state index contributed by atoms with van der Waals surface area (Å²) in [5.74, 6) is 0.940. The number of hydrogen-bond acceptors (Lipinski definition) is 6. The van der Waals surface area contributed by atoms with Crippen LogP contribution in [0, 0.1) is 11.3 Å². The Morgan fingerprint density at radius 2 is 1.81 bits per heavy atom. The summed E-state index contributed by atoms with van der Waals surface area (Å²) in [4.78, 5) is 35.4. The Labute approximate surface area is 188 Å². The van der Waals surface area contributed by atoms with Crippen molar-refractivity contribution in [1.82, 2.24) is 14.5 Å². The number of aromatic nitrogens is 2. The third kappa shape index (κ3) is 6.01. The number of aryl methyl sites for hydroxylation is 1. The maximum absolute atomic E-state index is 13.1.